The predicted molar refractivity (Wildman–Crippen MR) is 71.6 cm³/mol. The molecular formula is C15H17NO. The maximum absolute atomic E-state index is 5.32. The summed E-state index contributed by atoms with van der Waals surface area (Å²) >= 11 is 0. The first-order valence-corrected chi connectivity index (χ1v) is 5.81. The Morgan fingerprint density at radius 3 is 2.41 bits per heavy atom. The van der Waals surface area contributed by atoms with Crippen LogP contribution >= 0.6 is 0 Å². The van der Waals surface area contributed by atoms with Gasteiger partial charge in [0.05, 0.1) is 7.11 Å². The van der Waals surface area contributed by atoms with Gasteiger partial charge in [-0.15, -0.1) is 0 Å². The SMILES string of the molecule is COc1ccccc1CCNc1ccccc1. The first-order valence-electron chi connectivity index (χ1n) is 5.81. The van der Waals surface area contributed by atoms with Gasteiger partial charge in [-0.05, 0) is 30.2 Å². The van der Waals surface area contributed by atoms with Crippen LogP contribution in [0.5, 0.6) is 5.75 Å². The predicted octanol–water partition coefficient (Wildman–Crippen LogP) is 3.35. The Hall–Kier alpha value is -1.96. The van der Waals surface area contributed by atoms with Gasteiger partial charge in [-0.25, -0.2) is 0 Å². The number of anilines is 1. The van der Waals surface area contributed by atoms with E-state index in [0.29, 0.717) is 0 Å². The lowest BCUT2D eigenvalue weighted by Crippen LogP contribution is -2.05. The van der Waals surface area contributed by atoms with Crippen LogP contribution in [-0.2, 0) is 6.42 Å². The van der Waals surface area contributed by atoms with Crippen molar-refractivity contribution in [2.75, 3.05) is 19.0 Å². The molecule has 0 atom stereocenters. The number of hydrogen-bond donors (Lipinski definition) is 1. The van der Waals surface area contributed by atoms with Gasteiger partial charge in [0.2, 0.25) is 0 Å². The molecule has 0 aromatic heterocycles. The highest BCUT2D eigenvalue weighted by Crippen LogP contribution is 2.17. The third kappa shape index (κ3) is 3.25. The van der Waals surface area contributed by atoms with Gasteiger partial charge < -0.3 is 10.1 Å². The van der Waals surface area contributed by atoms with Gasteiger partial charge in [0.1, 0.15) is 5.75 Å². The van der Waals surface area contributed by atoms with E-state index in [9.17, 15) is 0 Å². The lowest BCUT2D eigenvalue weighted by Gasteiger charge is -2.09. The van der Waals surface area contributed by atoms with Crippen molar-refractivity contribution in [3.63, 3.8) is 0 Å². The summed E-state index contributed by atoms with van der Waals surface area (Å²) < 4.78 is 5.32. The van der Waals surface area contributed by atoms with Gasteiger partial charge >= 0.3 is 0 Å². The summed E-state index contributed by atoms with van der Waals surface area (Å²) in [7, 11) is 1.71. The molecule has 0 saturated heterocycles. The van der Waals surface area contributed by atoms with Crippen molar-refractivity contribution in [2.45, 2.75) is 6.42 Å². The zero-order chi connectivity index (χ0) is 11.9. The highest BCUT2D eigenvalue weighted by molar-refractivity contribution is 5.43. The molecule has 0 fully saturated rings. The highest BCUT2D eigenvalue weighted by Gasteiger charge is 2.00. The van der Waals surface area contributed by atoms with Crippen LogP contribution in [0.15, 0.2) is 54.6 Å². The standard InChI is InChI=1S/C15H17NO/c1-17-15-10-6-5-7-13(15)11-12-16-14-8-3-2-4-9-14/h2-10,16H,11-12H2,1H3. The fourth-order valence-electron chi connectivity index (χ4n) is 1.81. The second-order valence-electron chi connectivity index (χ2n) is 3.85. The van der Waals surface area contributed by atoms with E-state index >= 15 is 0 Å². The second-order valence-corrected chi connectivity index (χ2v) is 3.85. The Bertz CT molecular complexity index is 453. The van der Waals surface area contributed by atoms with E-state index < -0.39 is 0 Å². The van der Waals surface area contributed by atoms with Crippen molar-refractivity contribution in [3.05, 3.63) is 60.2 Å². The highest BCUT2D eigenvalue weighted by atomic mass is 16.5. The normalized spacial score (nSPS) is 9.94. The molecule has 0 amide bonds. The molecule has 2 nitrogen and oxygen atoms in total. The number of nitrogens with one attached hydrogen (secondary N) is 1. The van der Waals surface area contributed by atoms with Crippen LogP contribution in [0.2, 0.25) is 0 Å². The minimum atomic E-state index is 0.907. The zero-order valence-electron chi connectivity index (χ0n) is 10.0. The molecule has 2 aromatic carbocycles. The molecule has 0 unspecified atom stereocenters. The first-order chi connectivity index (χ1) is 8.40. The molecule has 2 heteroatoms. The van der Waals surface area contributed by atoms with E-state index in [-0.39, 0.29) is 0 Å². The molecule has 1 N–H and O–H groups in total. The number of para-hydroxylation sites is 2. The van der Waals surface area contributed by atoms with E-state index in [1.54, 1.807) is 7.11 Å². The minimum Gasteiger partial charge on any atom is -0.496 e. The number of methoxy groups -OCH3 is 1. The minimum absolute atomic E-state index is 0.907. The monoisotopic (exact) mass is 227 g/mol. The fraction of sp³-hybridized carbons (Fsp3) is 0.200. The van der Waals surface area contributed by atoms with Crippen LogP contribution in [0, 0.1) is 0 Å². The van der Waals surface area contributed by atoms with Crippen molar-refractivity contribution >= 4 is 5.69 Å². The van der Waals surface area contributed by atoms with Crippen molar-refractivity contribution in [2.24, 2.45) is 0 Å². The van der Waals surface area contributed by atoms with Gasteiger partial charge in [-0.1, -0.05) is 36.4 Å². The molecule has 0 radical (unpaired) electrons. The van der Waals surface area contributed by atoms with E-state index in [1.807, 2.05) is 36.4 Å². The number of ether oxygens (including phenoxy) is 1. The second kappa shape index (κ2) is 5.94. The number of hydrogen-bond acceptors (Lipinski definition) is 2. The largest absolute Gasteiger partial charge is 0.496 e. The molecule has 88 valence electrons. The average molecular weight is 227 g/mol. The van der Waals surface area contributed by atoms with E-state index in [4.69, 9.17) is 4.74 Å². The van der Waals surface area contributed by atoms with E-state index in [2.05, 4.69) is 23.5 Å². The molecule has 0 aliphatic carbocycles. The smallest absolute Gasteiger partial charge is 0.122 e. The maximum Gasteiger partial charge on any atom is 0.122 e. The first kappa shape index (κ1) is 11.5. The summed E-state index contributed by atoms with van der Waals surface area (Å²) in [4.78, 5) is 0. The van der Waals surface area contributed by atoms with Gasteiger partial charge in [-0.3, -0.25) is 0 Å². The summed E-state index contributed by atoms with van der Waals surface area (Å²) in [6.45, 7) is 0.907. The number of benzene rings is 2. The average Bonchev–Trinajstić information content (AvgIpc) is 2.40. The molecule has 0 aliphatic rings. The Labute approximate surface area is 102 Å². The number of rotatable bonds is 5. The summed E-state index contributed by atoms with van der Waals surface area (Å²) in [6.07, 6.45) is 0.957. The fourth-order valence-corrected chi connectivity index (χ4v) is 1.81. The molecule has 2 rings (SSSR count). The summed E-state index contributed by atoms with van der Waals surface area (Å²) in [5, 5.41) is 3.39. The summed E-state index contributed by atoms with van der Waals surface area (Å²) in [6, 6.07) is 18.4. The van der Waals surface area contributed by atoms with Crippen LogP contribution in [-0.4, -0.2) is 13.7 Å². The molecule has 0 spiro atoms. The molecule has 0 bridgehead atoms. The molecule has 0 aliphatic heterocycles. The third-order valence-electron chi connectivity index (χ3n) is 2.69. The Balaban J connectivity index is 1.90. The van der Waals surface area contributed by atoms with Crippen LogP contribution in [0.25, 0.3) is 0 Å². The maximum atomic E-state index is 5.32. The van der Waals surface area contributed by atoms with Gasteiger partial charge in [-0.2, -0.15) is 0 Å². The van der Waals surface area contributed by atoms with E-state index in [0.717, 1.165) is 24.4 Å². The lowest BCUT2D eigenvalue weighted by atomic mass is 10.1. The van der Waals surface area contributed by atoms with Crippen molar-refractivity contribution < 1.29 is 4.74 Å². The molecule has 0 saturated carbocycles. The van der Waals surface area contributed by atoms with Gasteiger partial charge in [0, 0.05) is 12.2 Å². The Morgan fingerprint density at radius 2 is 1.65 bits per heavy atom. The topological polar surface area (TPSA) is 21.3 Å². The van der Waals surface area contributed by atoms with Crippen molar-refractivity contribution in [1.82, 2.24) is 0 Å². The Morgan fingerprint density at radius 1 is 0.941 bits per heavy atom. The Kier molecular flexibility index (Phi) is 4.03. The van der Waals surface area contributed by atoms with Crippen LogP contribution in [0.1, 0.15) is 5.56 Å². The van der Waals surface area contributed by atoms with Crippen LogP contribution in [0.4, 0.5) is 5.69 Å². The molecule has 17 heavy (non-hydrogen) atoms. The van der Waals surface area contributed by atoms with Gasteiger partial charge in [0.25, 0.3) is 0 Å². The van der Waals surface area contributed by atoms with Crippen molar-refractivity contribution in [1.29, 1.82) is 0 Å². The van der Waals surface area contributed by atoms with E-state index in [1.165, 1.54) is 5.56 Å². The van der Waals surface area contributed by atoms with Crippen LogP contribution < -0.4 is 10.1 Å². The zero-order valence-corrected chi connectivity index (χ0v) is 10.0. The summed E-state index contributed by atoms with van der Waals surface area (Å²) in [5.41, 5.74) is 2.39. The molecule has 2 aromatic rings. The lowest BCUT2D eigenvalue weighted by molar-refractivity contribution is 0.410. The third-order valence-corrected chi connectivity index (χ3v) is 2.69. The molecule has 0 heterocycles. The quantitative estimate of drug-likeness (QED) is 0.845. The van der Waals surface area contributed by atoms with Crippen LogP contribution in [0.3, 0.4) is 0 Å². The summed E-state index contributed by atoms with van der Waals surface area (Å²) in [5.74, 6) is 0.961. The molecular weight excluding hydrogens is 210 g/mol. The van der Waals surface area contributed by atoms with Gasteiger partial charge in [0.15, 0.2) is 0 Å². The van der Waals surface area contributed by atoms with Crippen molar-refractivity contribution in [3.8, 4) is 5.75 Å².